The van der Waals surface area contributed by atoms with Crippen molar-refractivity contribution in [2.24, 2.45) is 0 Å². The number of rotatable bonds is 5. The van der Waals surface area contributed by atoms with Crippen molar-refractivity contribution in [3.8, 4) is 0 Å². The zero-order valence-electron chi connectivity index (χ0n) is 9.94. The number of sulfonamides is 1. The van der Waals surface area contributed by atoms with Gasteiger partial charge in [-0.3, -0.25) is 0 Å². The van der Waals surface area contributed by atoms with E-state index in [1.807, 2.05) is 12.1 Å². The maximum atomic E-state index is 11.3. The molecule has 0 amide bonds. The van der Waals surface area contributed by atoms with Gasteiger partial charge in [-0.2, -0.15) is 0 Å². The Hall–Kier alpha value is -1.07. The Morgan fingerprint density at radius 2 is 2.18 bits per heavy atom. The van der Waals surface area contributed by atoms with Gasteiger partial charge in [0.05, 0.1) is 5.75 Å². The van der Waals surface area contributed by atoms with Crippen molar-refractivity contribution < 1.29 is 8.42 Å². The molecule has 1 aromatic rings. The van der Waals surface area contributed by atoms with E-state index in [4.69, 9.17) is 0 Å². The van der Waals surface area contributed by atoms with Crippen LogP contribution in [0.1, 0.15) is 24.8 Å². The van der Waals surface area contributed by atoms with Crippen molar-refractivity contribution in [2.45, 2.75) is 19.3 Å². The van der Waals surface area contributed by atoms with Gasteiger partial charge >= 0.3 is 0 Å². The lowest BCUT2D eigenvalue weighted by Crippen LogP contribution is -2.27. The van der Waals surface area contributed by atoms with Gasteiger partial charge in [0.2, 0.25) is 10.0 Å². The van der Waals surface area contributed by atoms with Crippen LogP contribution in [0.5, 0.6) is 0 Å². The smallest absolute Gasteiger partial charge is 0.211 e. The summed E-state index contributed by atoms with van der Waals surface area (Å²) in [4.78, 5) is 0. The molecule has 2 rings (SSSR count). The minimum Gasteiger partial charge on any atom is -0.384 e. The summed E-state index contributed by atoms with van der Waals surface area (Å²) in [6.45, 7) is 3.05. The third-order valence-corrected chi connectivity index (χ3v) is 4.54. The Bertz CT molecular complexity index is 485. The van der Waals surface area contributed by atoms with Crippen LogP contribution in [0.25, 0.3) is 0 Å². The molecule has 1 aromatic carbocycles. The third-order valence-electron chi connectivity index (χ3n) is 3.13. The van der Waals surface area contributed by atoms with Gasteiger partial charge in [-0.15, -0.1) is 0 Å². The molecule has 1 heterocycles. The van der Waals surface area contributed by atoms with Gasteiger partial charge in [-0.25, -0.2) is 13.1 Å². The van der Waals surface area contributed by atoms with E-state index < -0.39 is 10.0 Å². The molecule has 1 aliphatic heterocycles. The highest BCUT2D eigenvalue weighted by molar-refractivity contribution is 7.89. The number of benzene rings is 1. The van der Waals surface area contributed by atoms with E-state index in [0.29, 0.717) is 12.5 Å². The topological polar surface area (TPSA) is 58.2 Å². The molecular formula is C12H18N2O2S. The average Bonchev–Trinajstić information content (AvgIpc) is 2.73. The van der Waals surface area contributed by atoms with Gasteiger partial charge < -0.3 is 5.32 Å². The summed E-state index contributed by atoms with van der Waals surface area (Å²) < 4.78 is 25.2. The number of hydrogen-bond acceptors (Lipinski definition) is 3. The molecule has 2 N–H and O–H groups in total. The van der Waals surface area contributed by atoms with Gasteiger partial charge in [0, 0.05) is 24.7 Å². The highest BCUT2D eigenvalue weighted by Crippen LogP contribution is 2.32. The van der Waals surface area contributed by atoms with E-state index in [0.717, 1.165) is 13.0 Å². The van der Waals surface area contributed by atoms with Gasteiger partial charge in [0.1, 0.15) is 0 Å². The number of nitrogens with one attached hydrogen (secondary N) is 2. The minimum absolute atomic E-state index is 0.145. The standard InChI is InChI=1S/C12H18N2O2S/c1-2-17(15,16)14-8-7-10-9-13-12-6-4-3-5-11(10)12/h3-6,10,13-14H,2,7-9H2,1H3. The monoisotopic (exact) mass is 254 g/mol. The molecule has 0 aliphatic carbocycles. The first kappa shape index (κ1) is 12.4. The van der Waals surface area contributed by atoms with Gasteiger partial charge in [0.25, 0.3) is 0 Å². The molecule has 0 bridgehead atoms. The van der Waals surface area contributed by atoms with Crippen molar-refractivity contribution in [1.82, 2.24) is 4.72 Å². The zero-order chi connectivity index (χ0) is 12.3. The van der Waals surface area contributed by atoms with Crippen molar-refractivity contribution in [2.75, 3.05) is 24.2 Å². The second-order valence-corrected chi connectivity index (χ2v) is 6.35. The highest BCUT2D eigenvalue weighted by Gasteiger charge is 2.21. The molecule has 4 nitrogen and oxygen atoms in total. The largest absolute Gasteiger partial charge is 0.384 e. The van der Waals surface area contributed by atoms with Gasteiger partial charge in [0.15, 0.2) is 0 Å². The van der Waals surface area contributed by atoms with Crippen LogP contribution in [0.15, 0.2) is 24.3 Å². The van der Waals surface area contributed by atoms with Crippen LogP contribution in [-0.2, 0) is 10.0 Å². The first-order chi connectivity index (χ1) is 8.12. The molecule has 1 unspecified atom stereocenters. The summed E-state index contributed by atoms with van der Waals surface area (Å²) in [7, 11) is -3.06. The van der Waals surface area contributed by atoms with Crippen molar-refractivity contribution >= 4 is 15.7 Å². The Kier molecular flexibility index (Phi) is 3.69. The van der Waals surface area contributed by atoms with E-state index >= 15 is 0 Å². The molecule has 94 valence electrons. The van der Waals surface area contributed by atoms with E-state index in [9.17, 15) is 8.42 Å². The summed E-state index contributed by atoms with van der Waals surface area (Å²) >= 11 is 0. The van der Waals surface area contributed by atoms with Crippen LogP contribution in [0.2, 0.25) is 0 Å². The summed E-state index contributed by atoms with van der Waals surface area (Å²) in [5.74, 6) is 0.553. The zero-order valence-corrected chi connectivity index (χ0v) is 10.8. The lowest BCUT2D eigenvalue weighted by atomic mass is 9.98. The second-order valence-electron chi connectivity index (χ2n) is 4.25. The van der Waals surface area contributed by atoms with Crippen LogP contribution >= 0.6 is 0 Å². The predicted octanol–water partition coefficient (Wildman–Crippen LogP) is 1.53. The Morgan fingerprint density at radius 3 is 2.94 bits per heavy atom. The fourth-order valence-electron chi connectivity index (χ4n) is 2.11. The minimum atomic E-state index is -3.06. The number of anilines is 1. The molecule has 1 aliphatic rings. The molecule has 0 radical (unpaired) electrons. The van der Waals surface area contributed by atoms with Crippen LogP contribution in [-0.4, -0.2) is 27.3 Å². The number of fused-ring (bicyclic) bond motifs is 1. The highest BCUT2D eigenvalue weighted by atomic mass is 32.2. The summed E-state index contributed by atoms with van der Waals surface area (Å²) in [5.41, 5.74) is 2.47. The van der Waals surface area contributed by atoms with Crippen LogP contribution in [0, 0.1) is 0 Å². The molecule has 0 fully saturated rings. The van der Waals surface area contributed by atoms with E-state index in [1.165, 1.54) is 11.3 Å². The summed E-state index contributed by atoms with van der Waals surface area (Å²) in [6.07, 6.45) is 0.837. The fraction of sp³-hybridized carbons (Fsp3) is 0.500. The lowest BCUT2D eigenvalue weighted by Gasteiger charge is -2.10. The van der Waals surface area contributed by atoms with Crippen LogP contribution in [0.3, 0.4) is 0 Å². The first-order valence-electron chi connectivity index (χ1n) is 5.92. The van der Waals surface area contributed by atoms with Crippen molar-refractivity contribution in [3.05, 3.63) is 29.8 Å². The molecule has 5 heteroatoms. The molecule has 17 heavy (non-hydrogen) atoms. The Morgan fingerprint density at radius 1 is 1.41 bits per heavy atom. The molecule has 0 saturated heterocycles. The average molecular weight is 254 g/mol. The summed E-state index contributed by atoms with van der Waals surface area (Å²) in [6, 6.07) is 8.20. The number of para-hydroxylation sites is 1. The molecule has 0 spiro atoms. The van der Waals surface area contributed by atoms with Crippen molar-refractivity contribution in [3.63, 3.8) is 0 Å². The molecular weight excluding hydrogens is 236 g/mol. The third kappa shape index (κ3) is 2.98. The molecule has 1 atom stereocenters. The van der Waals surface area contributed by atoms with Gasteiger partial charge in [-0.05, 0) is 25.0 Å². The normalized spacial score (nSPS) is 18.8. The van der Waals surface area contributed by atoms with E-state index in [1.54, 1.807) is 6.92 Å². The van der Waals surface area contributed by atoms with E-state index in [2.05, 4.69) is 22.2 Å². The van der Waals surface area contributed by atoms with Crippen LogP contribution < -0.4 is 10.0 Å². The molecule has 0 saturated carbocycles. The molecule has 0 aromatic heterocycles. The lowest BCUT2D eigenvalue weighted by molar-refractivity contribution is 0.573. The first-order valence-corrected chi connectivity index (χ1v) is 7.58. The maximum Gasteiger partial charge on any atom is 0.211 e. The predicted molar refractivity (Wildman–Crippen MR) is 69.8 cm³/mol. The van der Waals surface area contributed by atoms with Crippen LogP contribution in [0.4, 0.5) is 5.69 Å². The van der Waals surface area contributed by atoms with E-state index in [-0.39, 0.29) is 5.75 Å². The SMILES string of the molecule is CCS(=O)(=O)NCCC1CNc2ccccc21. The van der Waals surface area contributed by atoms with Gasteiger partial charge in [-0.1, -0.05) is 18.2 Å². The Labute approximate surface area is 102 Å². The second kappa shape index (κ2) is 5.06. The maximum absolute atomic E-state index is 11.3. The fourth-order valence-corrected chi connectivity index (χ4v) is 2.74. The number of hydrogen-bond donors (Lipinski definition) is 2. The quantitative estimate of drug-likeness (QED) is 0.837. The Balaban J connectivity index is 1.90. The van der Waals surface area contributed by atoms with Crippen molar-refractivity contribution in [1.29, 1.82) is 0 Å². The summed E-state index contributed by atoms with van der Waals surface area (Å²) in [5, 5.41) is 3.33.